The van der Waals surface area contributed by atoms with Gasteiger partial charge in [0.2, 0.25) is 23.6 Å². The molecule has 1 aliphatic rings. The number of likely N-dealkylation sites (N-methyl/N-ethyl adjacent to an activating group) is 1. The van der Waals surface area contributed by atoms with Crippen LogP contribution in [0.3, 0.4) is 0 Å². The van der Waals surface area contributed by atoms with Gasteiger partial charge in [0.25, 0.3) is 5.91 Å². The Labute approximate surface area is 409 Å². The van der Waals surface area contributed by atoms with Gasteiger partial charge in [-0.15, -0.1) is 0 Å². The number of aromatic nitrogens is 2. The fourth-order valence-electron chi connectivity index (χ4n) is 8.32. The lowest BCUT2D eigenvalue weighted by molar-refractivity contribution is -0.141. The molecule has 0 saturated carbocycles. The van der Waals surface area contributed by atoms with Crippen molar-refractivity contribution in [2.24, 2.45) is 17.2 Å². The number of fused-ring (bicyclic) bond motifs is 5. The van der Waals surface area contributed by atoms with Crippen LogP contribution in [0.25, 0.3) is 22.5 Å². The third-order valence-electron chi connectivity index (χ3n) is 11.7. The Morgan fingerprint density at radius 3 is 2.04 bits per heavy atom. The molecule has 4 aromatic rings. The molecule has 4 bridgehead atoms. The van der Waals surface area contributed by atoms with Crippen LogP contribution in [0.4, 0.5) is 0 Å². The molecule has 0 fully saturated rings. The summed E-state index contributed by atoms with van der Waals surface area (Å²) in [6.45, 7) is 9.43. The Balaban J connectivity index is 1.52. The van der Waals surface area contributed by atoms with Crippen molar-refractivity contribution in [1.82, 2.24) is 36.1 Å². The number of carbonyl (C=O) groups excluding carboxylic acids is 5. The van der Waals surface area contributed by atoms with E-state index >= 15 is 0 Å². The molecule has 1 aliphatic heterocycles. The average Bonchev–Trinajstić information content (AvgIpc) is 3.34. The Kier molecular flexibility index (Phi) is 20.0. The fourth-order valence-corrected chi connectivity index (χ4v) is 8.32. The van der Waals surface area contributed by atoms with Crippen LogP contribution in [0.2, 0.25) is 0 Å². The molecule has 3 aromatic carbocycles. The van der Waals surface area contributed by atoms with Crippen LogP contribution in [0.5, 0.6) is 17.2 Å². The molecule has 2 heterocycles. The minimum atomic E-state index is -1.41. The second kappa shape index (κ2) is 26.0. The molecule has 4 atom stereocenters. The number of nitrogens with two attached hydrogens (primary N) is 3. The van der Waals surface area contributed by atoms with E-state index in [0.717, 1.165) is 37.0 Å². The lowest BCUT2D eigenvalue weighted by Crippen LogP contribution is -2.56. The predicted molar refractivity (Wildman–Crippen MR) is 264 cm³/mol. The molecule has 70 heavy (non-hydrogen) atoms. The second-order valence-corrected chi connectivity index (χ2v) is 17.1. The number of rotatable bonds is 21. The molecule has 0 aliphatic carbocycles. The van der Waals surface area contributed by atoms with E-state index < -0.39 is 53.7 Å². The van der Waals surface area contributed by atoms with E-state index in [1.54, 1.807) is 50.2 Å². The van der Waals surface area contributed by atoms with Crippen molar-refractivity contribution in [2.45, 2.75) is 103 Å². The van der Waals surface area contributed by atoms with E-state index in [1.807, 2.05) is 30.3 Å². The van der Waals surface area contributed by atoms with Crippen LogP contribution in [0.15, 0.2) is 60.7 Å². The maximum Gasteiger partial charge on any atom is 0.255 e. The molecule has 5 amide bonds. The summed E-state index contributed by atoms with van der Waals surface area (Å²) in [4.78, 5) is 81.3. The number of ether oxygens (including phenoxy) is 3. The highest BCUT2D eigenvalue weighted by atomic mass is 16.5. The number of benzene rings is 3. The zero-order valence-electron chi connectivity index (χ0n) is 40.9. The summed E-state index contributed by atoms with van der Waals surface area (Å²) in [5.74, 6) is -1.45. The minimum Gasteiger partial charge on any atom is -0.492 e. The van der Waals surface area contributed by atoms with Crippen LogP contribution >= 0.6 is 0 Å². The highest BCUT2D eigenvalue weighted by molar-refractivity contribution is 6.00. The summed E-state index contributed by atoms with van der Waals surface area (Å²) in [6, 6.07) is 14.5. The van der Waals surface area contributed by atoms with E-state index in [-0.39, 0.29) is 63.9 Å². The van der Waals surface area contributed by atoms with Crippen molar-refractivity contribution in [3.8, 4) is 45.8 Å². The summed E-state index contributed by atoms with van der Waals surface area (Å²) < 4.78 is 18.4. The Morgan fingerprint density at radius 1 is 0.843 bits per heavy atom. The van der Waals surface area contributed by atoms with Crippen LogP contribution in [-0.4, -0.2) is 115 Å². The molecular formula is C51H67N11O8. The SMILES string of the molecule is CCCC(CCC)Oc1ccc(-c2nc(C)c(C(=O)N[C@@H](CCN)C(=O)N(C)[C@@H]3C(=O)N[C@@H](C)C(=O)N[C@H](C(=O)NCC#N)Cc4ccc(OCCN)c(c4)-c4cc3ccc4OCCN)c(C)n2)cc1. The van der Waals surface area contributed by atoms with E-state index in [4.69, 9.17) is 31.4 Å². The molecule has 0 saturated heterocycles. The molecule has 5 rings (SSSR count). The summed E-state index contributed by atoms with van der Waals surface area (Å²) >= 11 is 0. The number of aryl methyl sites for hydroxylation is 2. The van der Waals surface area contributed by atoms with Gasteiger partial charge in [0, 0.05) is 43.2 Å². The lowest BCUT2D eigenvalue weighted by Gasteiger charge is -2.32. The van der Waals surface area contributed by atoms with Gasteiger partial charge in [-0.2, -0.15) is 5.26 Å². The first kappa shape index (κ1) is 53.8. The lowest BCUT2D eigenvalue weighted by atomic mass is 9.93. The smallest absolute Gasteiger partial charge is 0.255 e. The van der Waals surface area contributed by atoms with Crippen LogP contribution in [-0.2, 0) is 25.6 Å². The topological polar surface area (TPSA) is 292 Å². The summed E-state index contributed by atoms with van der Waals surface area (Å²) in [5.41, 5.74) is 21.3. The molecule has 1 aromatic heterocycles. The zero-order valence-corrected chi connectivity index (χ0v) is 40.9. The first-order chi connectivity index (χ1) is 33.7. The predicted octanol–water partition coefficient (Wildman–Crippen LogP) is 3.28. The van der Waals surface area contributed by atoms with Gasteiger partial charge < -0.3 is 57.6 Å². The van der Waals surface area contributed by atoms with Crippen molar-refractivity contribution < 1.29 is 38.2 Å². The summed E-state index contributed by atoms with van der Waals surface area (Å²) in [7, 11) is 1.42. The van der Waals surface area contributed by atoms with Crippen molar-refractivity contribution in [1.29, 1.82) is 5.26 Å². The molecule has 0 spiro atoms. The number of carbonyl (C=O) groups is 5. The number of hydrogen-bond acceptors (Lipinski definition) is 14. The summed E-state index contributed by atoms with van der Waals surface area (Å²) in [6.07, 6.45) is 4.09. The van der Waals surface area contributed by atoms with Crippen molar-refractivity contribution in [3.05, 3.63) is 88.7 Å². The molecule has 374 valence electrons. The Bertz CT molecular complexity index is 2480. The van der Waals surface area contributed by atoms with Gasteiger partial charge in [-0.1, -0.05) is 38.8 Å². The first-order valence-corrected chi connectivity index (χ1v) is 23.8. The van der Waals surface area contributed by atoms with Crippen molar-refractivity contribution >= 4 is 29.5 Å². The van der Waals surface area contributed by atoms with E-state index in [1.165, 1.54) is 18.9 Å². The number of hydrogen-bond donors (Lipinski definition) is 7. The quantitative estimate of drug-likeness (QED) is 0.0591. The maximum absolute atomic E-state index is 14.8. The van der Waals surface area contributed by atoms with Crippen LogP contribution in [0, 0.1) is 25.2 Å². The van der Waals surface area contributed by atoms with Gasteiger partial charge in [-0.05, 0) is 106 Å². The van der Waals surface area contributed by atoms with Gasteiger partial charge in [0.05, 0.1) is 29.1 Å². The highest BCUT2D eigenvalue weighted by Gasteiger charge is 2.36. The first-order valence-electron chi connectivity index (χ1n) is 23.8. The molecule has 10 N–H and O–H groups in total. The van der Waals surface area contributed by atoms with Gasteiger partial charge in [0.1, 0.15) is 61.2 Å². The molecule has 19 heteroatoms. The number of nitriles is 1. The molecule has 19 nitrogen and oxygen atoms in total. The fraction of sp³-hybridized carbons (Fsp3) is 0.451. The number of nitrogens with zero attached hydrogens (tertiary/aromatic N) is 4. The monoisotopic (exact) mass is 962 g/mol. The number of nitrogens with one attached hydrogen (secondary N) is 4. The van der Waals surface area contributed by atoms with Crippen molar-refractivity contribution in [2.75, 3.05) is 46.4 Å². The zero-order chi connectivity index (χ0) is 50.9. The normalized spacial score (nSPS) is 16.2. The highest BCUT2D eigenvalue weighted by Crippen LogP contribution is 2.40. The van der Waals surface area contributed by atoms with Gasteiger partial charge in [0.15, 0.2) is 5.82 Å². The molecule has 0 radical (unpaired) electrons. The number of amides is 5. The Morgan fingerprint density at radius 2 is 1.46 bits per heavy atom. The maximum atomic E-state index is 14.8. The summed E-state index contributed by atoms with van der Waals surface area (Å²) in [5, 5.41) is 20.0. The third-order valence-corrected chi connectivity index (χ3v) is 11.7. The van der Waals surface area contributed by atoms with Gasteiger partial charge >= 0.3 is 0 Å². The third kappa shape index (κ3) is 13.8. The standard InChI is InChI=1S/C51H67N11O8/c1-7-9-36(10-8-2)70-37-15-12-34(13-16-37)46-57-30(3)44(31(4)58-46)49(65)60-40(19-20-52)51(67)62(6)45-35-14-18-43(69-26-23-55)39(29-35)38-27-33(11-17-42(38)68-25-22-54)28-41(48(64)56-24-21-53)61-47(63)32(5)59-50(45)66/h11-18,27,29,32,36,40-41,45H,7-10,19-20,22-26,28,52,54-55H2,1-6H3,(H,56,64)(H,59,66)(H,60,65)(H,61,63)/t32-,40-,41-,45-/m0/s1. The van der Waals surface area contributed by atoms with Crippen LogP contribution in [0.1, 0.15) is 91.8 Å². The molecular weight excluding hydrogens is 895 g/mol. The van der Waals surface area contributed by atoms with Gasteiger partial charge in [-0.25, -0.2) is 9.97 Å². The van der Waals surface area contributed by atoms with Gasteiger partial charge in [-0.3, -0.25) is 24.0 Å². The van der Waals surface area contributed by atoms with Crippen LogP contribution < -0.4 is 52.7 Å². The van der Waals surface area contributed by atoms with Crippen molar-refractivity contribution in [3.63, 3.8) is 0 Å². The van der Waals surface area contributed by atoms with E-state index in [2.05, 4.69) is 45.1 Å². The minimum absolute atomic E-state index is 0.00159. The second-order valence-electron chi connectivity index (χ2n) is 17.1. The molecule has 0 unspecified atom stereocenters. The average molecular weight is 962 g/mol. The Hall–Kier alpha value is -7.14. The van der Waals surface area contributed by atoms with E-state index in [0.29, 0.717) is 51.0 Å². The largest absolute Gasteiger partial charge is 0.492 e. The van der Waals surface area contributed by atoms with E-state index in [9.17, 15) is 29.2 Å².